The van der Waals surface area contributed by atoms with Crippen molar-refractivity contribution in [2.24, 2.45) is 0 Å². The minimum Gasteiger partial charge on any atom is -0.493 e. The van der Waals surface area contributed by atoms with E-state index < -0.39 is 11.7 Å². The van der Waals surface area contributed by atoms with Gasteiger partial charge in [-0.2, -0.15) is 13.2 Å². The summed E-state index contributed by atoms with van der Waals surface area (Å²) in [5.41, 5.74) is -0.829. The van der Waals surface area contributed by atoms with Gasteiger partial charge in [0.15, 0.2) is 17.3 Å². The standard InChI is InChI=1S/C11H11F3O3/c1-7(15)6-17-9-4-3-8(11(12,13)14)5-10(9)16-2/h3-5H,6H2,1-2H3. The number of methoxy groups -OCH3 is 1. The van der Waals surface area contributed by atoms with Crippen LogP contribution in [-0.2, 0) is 11.0 Å². The first-order valence-electron chi connectivity index (χ1n) is 4.72. The van der Waals surface area contributed by atoms with Crippen LogP contribution in [0.1, 0.15) is 12.5 Å². The number of benzene rings is 1. The van der Waals surface area contributed by atoms with Crippen LogP contribution in [0.5, 0.6) is 11.5 Å². The molecule has 3 nitrogen and oxygen atoms in total. The number of hydrogen-bond donors (Lipinski definition) is 0. The van der Waals surface area contributed by atoms with Crippen molar-refractivity contribution in [1.82, 2.24) is 0 Å². The molecule has 94 valence electrons. The number of rotatable bonds is 4. The van der Waals surface area contributed by atoms with Crippen molar-refractivity contribution in [3.05, 3.63) is 23.8 Å². The van der Waals surface area contributed by atoms with Crippen molar-refractivity contribution in [3.63, 3.8) is 0 Å². The molecule has 1 rings (SSSR count). The highest BCUT2D eigenvalue weighted by atomic mass is 19.4. The second-order valence-corrected chi connectivity index (χ2v) is 3.35. The third kappa shape index (κ3) is 3.65. The van der Waals surface area contributed by atoms with E-state index in [0.29, 0.717) is 0 Å². The Morgan fingerprint density at radius 1 is 1.29 bits per heavy atom. The van der Waals surface area contributed by atoms with Gasteiger partial charge in [-0.1, -0.05) is 0 Å². The molecule has 0 bridgehead atoms. The van der Waals surface area contributed by atoms with Crippen molar-refractivity contribution in [1.29, 1.82) is 0 Å². The first kappa shape index (κ1) is 13.3. The molecule has 0 aliphatic rings. The molecule has 1 aromatic carbocycles. The fraction of sp³-hybridized carbons (Fsp3) is 0.364. The topological polar surface area (TPSA) is 35.5 Å². The van der Waals surface area contributed by atoms with Crippen LogP contribution >= 0.6 is 0 Å². The molecule has 0 amide bonds. The number of Topliss-reactive ketones (excluding diaryl/α,β-unsaturated/α-hetero) is 1. The zero-order valence-corrected chi connectivity index (χ0v) is 9.30. The van der Waals surface area contributed by atoms with Crippen LogP contribution in [-0.4, -0.2) is 19.5 Å². The maximum atomic E-state index is 12.4. The van der Waals surface area contributed by atoms with Gasteiger partial charge >= 0.3 is 6.18 Å². The van der Waals surface area contributed by atoms with Gasteiger partial charge in [-0.15, -0.1) is 0 Å². The summed E-state index contributed by atoms with van der Waals surface area (Å²) < 4.78 is 47.0. The summed E-state index contributed by atoms with van der Waals surface area (Å²) in [5.74, 6) is -0.177. The average Bonchev–Trinajstić information content (AvgIpc) is 2.24. The predicted molar refractivity (Wildman–Crippen MR) is 54.2 cm³/mol. The van der Waals surface area contributed by atoms with Crippen LogP contribution in [0.4, 0.5) is 13.2 Å². The smallest absolute Gasteiger partial charge is 0.416 e. The number of ether oxygens (including phenoxy) is 2. The van der Waals surface area contributed by atoms with Crippen LogP contribution < -0.4 is 9.47 Å². The van der Waals surface area contributed by atoms with Crippen molar-refractivity contribution in [2.45, 2.75) is 13.1 Å². The van der Waals surface area contributed by atoms with Gasteiger partial charge in [-0.05, 0) is 25.1 Å². The molecule has 0 saturated heterocycles. The van der Waals surface area contributed by atoms with Crippen molar-refractivity contribution in [3.8, 4) is 11.5 Å². The Labute approximate surface area is 96.1 Å². The summed E-state index contributed by atoms with van der Waals surface area (Å²) in [4.78, 5) is 10.7. The number of carbonyl (C=O) groups excluding carboxylic acids is 1. The lowest BCUT2D eigenvalue weighted by Crippen LogP contribution is -2.09. The normalized spacial score (nSPS) is 11.1. The molecule has 0 atom stereocenters. The molecule has 0 spiro atoms. The molecule has 0 radical (unpaired) electrons. The highest BCUT2D eigenvalue weighted by molar-refractivity contribution is 5.77. The van der Waals surface area contributed by atoms with Gasteiger partial charge in [-0.3, -0.25) is 4.79 Å². The van der Waals surface area contributed by atoms with Gasteiger partial charge in [0, 0.05) is 0 Å². The fourth-order valence-corrected chi connectivity index (χ4v) is 1.14. The van der Waals surface area contributed by atoms with E-state index in [0.717, 1.165) is 18.2 Å². The van der Waals surface area contributed by atoms with Crippen LogP contribution in [0, 0.1) is 0 Å². The van der Waals surface area contributed by atoms with Crippen molar-refractivity contribution < 1.29 is 27.4 Å². The third-order valence-electron chi connectivity index (χ3n) is 1.92. The van der Waals surface area contributed by atoms with Gasteiger partial charge < -0.3 is 9.47 Å². The summed E-state index contributed by atoms with van der Waals surface area (Å²) in [6.45, 7) is 1.11. The summed E-state index contributed by atoms with van der Waals surface area (Å²) in [6, 6.07) is 2.83. The highest BCUT2D eigenvalue weighted by Gasteiger charge is 2.31. The Balaban J connectivity index is 2.97. The highest BCUT2D eigenvalue weighted by Crippen LogP contribution is 2.36. The first-order chi connectivity index (χ1) is 7.84. The fourth-order valence-electron chi connectivity index (χ4n) is 1.14. The second kappa shape index (κ2) is 5.07. The number of hydrogen-bond acceptors (Lipinski definition) is 3. The molecular formula is C11H11F3O3. The third-order valence-corrected chi connectivity index (χ3v) is 1.92. The van der Waals surface area contributed by atoms with E-state index in [2.05, 4.69) is 0 Å². The Hall–Kier alpha value is -1.72. The average molecular weight is 248 g/mol. The zero-order valence-electron chi connectivity index (χ0n) is 9.30. The van der Waals surface area contributed by atoms with E-state index in [4.69, 9.17) is 9.47 Å². The van der Waals surface area contributed by atoms with E-state index >= 15 is 0 Å². The molecule has 0 heterocycles. The van der Waals surface area contributed by atoms with Crippen LogP contribution in [0.3, 0.4) is 0 Å². The minimum atomic E-state index is -4.44. The van der Waals surface area contributed by atoms with Gasteiger partial charge in [-0.25, -0.2) is 0 Å². The van der Waals surface area contributed by atoms with E-state index in [1.807, 2.05) is 0 Å². The lowest BCUT2D eigenvalue weighted by molar-refractivity contribution is -0.137. The number of halogens is 3. The van der Waals surface area contributed by atoms with Crippen LogP contribution in [0.2, 0.25) is 0 Å². The predicted octanol–water partition coefficient (Wildman–Crippen LogP) is 2.68. The Bertz CT molecular complexity index is 413. The number of alkyl halides is 3. The van der Waals surface area contributed by atoms with E-state index in [9.17, 15) is 18.0 Å². The monoisotopic (exact) mass is 248 g/mol. The van der Waals surface area contributed by atoms with Crippen LogP contribution in [0.15, 0.2) is 18.2 Å². The van der Waals surface area contributed by atoms with Gasteiger partial charge in [0.05, 0.1) is 12.7 Å². The maximum absolute atomic E-state index is 12.4. The second-order valence-electron chi connectivity index (χ2n) is 3.35. The largest absolute Gasteiger partial charge is 0.493 e. The summed E-state index contributed by atoms with van der Waals surface area (Å²) in [5, 5.41) is 0. The molecular weight excluding hydrogens is 237 g/mol. The van der Waals surface area contributed by atoms with E-state index in [1.54, 1.807) is 0 Å². The summed E-state index contributed by atoms with van der Waals surface area (Å²) in [6.07, 6.45) is -4.44. The molecule has 0 aliphatic heterocycles. The van der Waals surface area contributed by atoms with E-state index in [-0.39, 0.29) is 23.9 Å². The van der Waals surface area contributed by atoms with Crippen molar-refractivity contribution >= 4 is 5.78 Å². The Kier molecular flexibility index (Phi) is 3.98. The molecule has 6 heteroatoms. The first-order valence-corrected chi connectivity index (χ1v) is 4.72. The molecule has 0 aliphatic carbocycles. The van der Waals surface area contributed by atoms with E-state index in [1.165, 1.54) is 14.0 Å². The van der Waals surface area contributed by atoms with Crippen molar-refractivity contribution in [2.75, 3.05) is 13.7 Å². The van der Waals surface area contributed by atoms with Crippen LogP contribution in [0.25, 0.3) is 0 Å². The molecule has 0 unspecified atom stereocenters. The lowest BCUT2D eigenvalue weighted by Gasteiger charge is -2.12. The molecule has 17 heavy (non-hydrogen) atoms. The zero-order chi connectivity index (χ0) is 13.1. The maximum Gasteiger partial charge on any atom is 0.416 e. The molecule has 1 aromatic rings. The number of carbonyl (C=O) groups is 1. The SMILES string of the molecule is COc1cc(C(F)(F)F)ccc1OCC(C)=O. The number of ketones is 1. The summed E-state index contributed by atoms with van der Waals surface area (Å²) in [7, 11) is 1.23. The molecule has 0 aromatic heterocycles. The quantitative estimate of drug-likeness (QED) is 0.821. The molecule has 0 fully saturated rings. The van der Waals surface area contributed by atoms with Gasteiger partial charge in [0.2, 0.25) is 0 Å². The molecule has 0 saturated carbocycles. The van der Waals surface area contributed by atoms with Gasteiger partial charge in [0.1, 0.15) is 6.61 Å². The molecule has 0 N–H and O–H groups in total. The summed E-state index contributed by atoms with van der Waals surface area (Å²) >= 11 is 0. The Morgan fingerprint density at radius 2 is 1.94 bits per heavy atom. The Morgan fingerprint density at radius 3 is 2.41 bits per heavy atom. The van der Waals surface area contributed by atoms with Gasteiger partial charge in [0.25, 0.3) is 0 Å². The minimum absolute atomic E-state index is 0.0546. The lowest BCUT2D eigenvalue weighted by atomic mass is 10.2.